The molecule has 0 spiro atoms. The van der Waals surface area contributed by atoms with E-state index in [1.807, 2.05) is 43.0 Å². The van der Waals surface area contributed by atoms with Gasteiger partial charge in [-0.2, -0.15) is 11.8 Å². The van der Waals surface area contributed by atoms with E-state index in [1.54, 1.807) is 11.8 Å². The van der Waals surface area contributed by atoms with Crippen molar-refractivity contribution < 1.29 is 4.79 Å². The van der Waals surface area contributed by atoms with Crippen LogP contribution in [0.4, 0.5) is 0 Å². The van der Waals surface area contributed by atoms with Crippen LogP contribution in [0.25, 0.3) is 11.0 Å². The van der Waals surface area contributed by atoms with Crippen LogP contribution in [-0.4, -0.2) is 27.3 Å². The smallest absolute Gasteiger partial charge is 0.163 e. The Kier molecular flexibility index (Phi) is 3.52. The quantitative estimate of drug-likeness (QED) is 0.780. The highest BCUT2D eigenvalue weighted by Gasteiger charge is 2.09. The second kappa shape index (κ2) is 4.92. The Hall–Kier alpha value is -1.29. The molecule has 2 aromatic rings. The summed E-state index contributed by atoms with van der Waals surface area (Å²) in [5.41, 5.74) is 2.74. The Morgan fingerprint density at radius 2 is 2.24 bits per heavy atom. The largest absolute Gasteiger partial charge is 0.331 e. The second-order valence-electron chi connectivity index (χ2n) is 4.09. The van der Waals surface area contributed by atoms with Gasteiger partial charge in [0.1, 0.15) is 5.82 Å². The minimum Gasteiger partial charge on any atom is -0.331 e. The number of aryl methyl sites for hydroxylation is 2. The number of carbonyl (C=O) groups is 1. The number of carbonyl (C=O) groups excluding carboxylic acids is 1. The van der Waals surface area contributed by atoms with Crippen molar-refractivity contribution in [3.8, 4) is 0 Å². The van der Waals surface area contributed by atoms with Crippen LogP contribution >= 0.6 is 11.8 Å². The van der Waals surface area contributed by atoms with Crippen LogP contribution in [0.1, 0.15) is 22.6 Å². The van der Waals surface area contributed by atoms with E-state index in [2.05, 4.69) is 4.98 Å². The number of nitrogens with zero attached hydrogens (tertiary/aromatic N) is 2. The maximum atomic E-state index is 11.9. The van der Waals surface area contributed by atoms with Crippen molar-refractivity contribution in [1.82, 2.24) is 9.55 Å². The molecule has 1 heterocycles. The fourth-order valence-electron chi connectivity index (χ4n) is 1.83. The van der Waals surface area contributed by atoms with Gasteiger partial charge in [-0.15, -0.1) is 0 Å². The molecule has 0 amide bonds. The highest BCUT2D eigenvalue weighted by Crippen LogP contribution is 2.17. The molecule has 0 atom stereocenters. The van der Waals surface area contributed by atoms with Gasteiger partial charge >= 0.3 is 0 Å². The highest BCUT2D eigenvalue weighted by molar-refractivity contribution is 7.98. The van der Waals surface area contributed by atoms with Crippen LogP contribution in [0.15, 0.2) is 18.2 Å². The van der Waals surface area contributed by atoms with E-state index in [0.29, 0.717) is 6.42 Å². The Morgan fingerprint density at radius 3 is 2.94 bits per heavy atom. The Morgan fingerprint density at radius 1 is 1.47 bits per heavy atom. The first-order valence-corrected chi connectivity index (χ1v) is 6.98. The average molecular weight is 248 g/mol. The molecule has 0 bridgehead atoms. The number of hydrogen-bond donors (Lipinski definition) is 0. The van der Waals surface area contributed by atoms with Gasteiger partial charge in [-0.3, -0.25) is 4.79 Å². The van der Waals surface area contributed by atoms with Crippen molar-refractivity contribution in [3.05, 3.63) is 29.6 Å². The third-order valence-electron chi connectivity index (χ3n) is 2.96. The molecule has 0 unspecified atom stereocenters. The molecule has 0 aliphatic carbocycles. The SMILES string of the molecule is CSCCC(=O)c1ccc2c(c1)nc(C)n2C. The minimum absolute atomic E-state index is 0.199. The lowest BCUT2D eigenvalue weighted by atomic mass is 10.1. The number of fused-ring (bicyclic) bond motifs is 1. The fourth-order valence-corrected chi connectivity index (χ4v) is 2.22. The van der Waals surface area contributed by atoms with Crippen molar-refractivity contribution in [2.24, 2.45) is 7.05 Å². The number of aromatic nitrogens is 2. The van der Waals surface area contributed by atoms with E-state index in [9.17, 15) is 4.79 Å². The lowest BCUT2D eigenvalue weighted by molar-refractivity contribution is 0.0989. The lowest BCUT2D eigenvalue weighted by Crippen LogP contribution is -2.00. The molecular weight excluding hydrogens is 232 g/mol. The summed E-state index contributed by atoms with van der Waals surface area (Å²) < 4.78 is 2.03. The third kappa shape index (κ3) is 2.36. The fraction of sp³-hybridized carbons (Fsp3) is 0.385. The third-order valence-corrected chi connectivity index (χ3v) is 3.57. The minimum atomic E-state index is 0.199. The topological polar surface area (TPSA) is 34.9 Å². The zero-order valence-electron chi connectivity index (χ0n) is 10.4. The molecule has 0 aliphatic rings. The monoisotopic (exact) mass is 248 g/mol. The van der Waals surface area contributed by atoms with Crippen LogP contribution < -0.4 is 0 Å². The summed E-state index contributed by atoms with van der Waals surface area (Å²) in [6.07, 6.45) is 2.61. The van der Waals surface area contributed by atoms with Crippen LogP contribution in [0.5, 0.6) is 0 Å². The van der Waals surface area contributed by atoms with Gasteiger partial charge in [0, 0.05) is 24.8 Å². The Labute approximate surface area is 105 Å². The molecule has 0 saturated heterocycles. The molecule has 1 aromatic carbocycles. The summed E-state index contributed by atoms with van der Waals surface area (Å²) >= 11 is 1.69. The van der Waals surface area contributed by atoms with Gasteiger partial charge in [0.05, 0.1) is 11.0 Å². The van der Waals surface area contributed by atoms with E-state index >= 15 is 0 Å². The van der Waals surface area contributed by atoms with Crippen molar-refractivity contribution >= 4 is 28.6 Å². The molecule has 2 rings (SSSR count). The van der Waals surface area contributed by atoms with E-state index in [0.717, 1.165) is 28.2 Å². The number of hydrogen-bond acceptors (Lipinski definition) is 3. The molecule has 0 aliphatic heterocycles. The summed E-state index contributed by atoms with van der Waals surface area (Å²) in [6.45, 7) is 1.97. The van der Waals surface area contributed by atoms with Crippen LogP contribution in [0, 0.1) is 6.92 Å². The number of rotatable bonds is 4. The van der Waals surface area contributed by atoms with E-state index in [1.165, 1.54) is 0 Å². The zero-order chi connectivity index (χ0) is 12.4. The van der Waals surface area contributed by atoms with Gasteiger partial charge in [-0.05, 0) is 31.4 Å². The van der Waals surface area contributed by atoms with Gasteiger partial charge in [-0.25, -0.2) is 4.98 Å². The molecule has 1 aromatic heterocycles. The van der Waals surface area contributed by atoms with E-state index in [4.69, 9.17) is 0 Å². The number of Topliss-reactive ketones (excluding diaryl/α,β-unsaturated/α-hetero) is 1. The number of benzene rings is 1. The molecular formula is C13H16N2OS. The van der Waals surface area contributed by atoms with Crippen molar-refractivity contribution in [2.45, 2.75) is 13.3 Å². The maximum Gasteiger partial charge on any atom is 0.163 e. The first-order chi connectivity index (χ1) is 8.13. The molecule has 4 heteroatoms. The molecule has 3 nitrogen and oxygen atoms in total. The summed E-state index contributed by atoms with van der Waals surface area (Å²) in [5, 5.41) is 0. The molecule has 0 saturated carbocycles. The summed E-state index contributed by atoms with van der Waals surface area (Å²) in [6, 6.07) is 5.76. The molecule has 90 valence electrons. The first-order valence-electron chi connectivity index (χ1n) is 5.58. The molecule has 0 radical (unpaired) electrons. The lowest BCUT2D eigenvalue weighted by Gasteiger charge is -2.00. The number of thioether (sulfide) groups is 1. The summed E-state index contributed by atoms with van der Waals surface area (Å²) in [7, 11) is 1.99. The number of imidazole rings is 1. The maximum absolute atomic E-state index is 11.9. The zero-order valence-corrected chi connectivity index (χ0v) is 11.2. The van der Waals surface area contributed by atoms with Gasteiger partial charge < -0.3 is 4.57 Å². The normalized spacial score (nSPS) is 11.0. The van der Waals surface area contributed by atoms with Crippen LogP contribution in [0.2, 0.25) is 0 Å². The second-order valence-corrected chi connectivity index (χ2v) is 5.07. The molecule has 17 heavy (non-hydrogen) atoms. The van der Waals surface area contributed by atoms with Gasteiger partial charge in [0.15, 0.2) is 5.78 Å². The average Bonchev–Trinajstić information content (AvgIpc) is 2.61. The standard InChI is InChI=1S/C13H16N2OS/c1-9-14-11-8-10(13(16)6-7-17-3)4-5-12(11)15(9)2/h4-5,8H,6-7H2,1-3H3. The van der Waals surface area contributed by atoms with Crippen molar-refractivity contribution in [3.63, 3.8) is 0 Å². The Bertz CT molecular complexity index is 560. The number of ketones is 1. The van der Waals surface area contributed by atoms with Crippen molar-refractivity contribution in [1.29, 1.82) is 0 Å². The predicted molar refractivity (Wildman–Crippen MR) is 72.8 cm³/mol. The highest BCUT2D eigenvalue weighted by atomic mass is 32.2. The van der Waals surface area contributed by atoms with Crippen molar-refractivity contribution in [2.75, 3.05) is 12.0 Å². The summed E-state index contributed by atoms with van der Waals surface area (Å²) in [5.74, 6) is 2.04. The first kappa shape index (κ1) is 12.2. The van der Waals surface area contributed by atoms with Gasteiger partial charge in [0.2, 0.25) is 0 Å². The van der Waals surface area contributed by atoms with E-state index < -0.39 is 0 Å². The van der Waals surface area contributed by atoms with E-state index in [-0.39, 0.29) is 5.78 Å². The predicted octanol–water partition coefficient (Wildman–Crippen LogP) is 2.82. The van der Waals surface area contributed by atoms with Gasteiger partial charge in [-0.1, -0.05) is 0 Å². The Balaban J connectivity index is 2.35. The molecule has 0 fully saturated rings. The van der Waals surface area contributed by atoms with Gasteiger partial charge in [0.25, 0.3) is 0 Å². The summed E-state index contributed by atoms with van der Waals surface area (Å²) in [4.78, 5) is 16.3. The van der Waals surface area contributed by atoms with Crippen LogP contribution in [-0.2, 0) is 7.05 Å². The van der Waals surface area contributed by atoms with Crippen LogP contribution in [0.3, 0.4) is 0 Å². The molecule has 0 N–H and O–H groups in total.